The third-order valence-corrected chi connectivity index (χ3v) is 6.24. The molecule has 152 valence electrons. The summed E-state index contributed by atoms with van der Waals surface area (Å²) in [6.07, 6.45) is 5.29. The number of imidazole rings is 1. The Kier molecular flexibility index (Phi) is 5.69. The summed E-state index contributed by atoms with van der Waals surface area (Å²) in [4.78, 5) is 21.8. The van der Waals surface area contributed by atoms with E-state index in [0.29, 0.717) is 24.3 Å². The van der Waals surface area contributed by atoms with E-state index in [1.807, 2.05) is 6.92 Å². The number of aromatic nitrogens is 2. The van der Waals surface area contributed by atoms with Gasteiger partial charge in [0.2, 0.25) is 5.91 Å². The summed E-state index contributed by atoms with van der Waals surface area (Å²) in [7, 11) is 0. The van der Waals surface area contributed by atoms with Gasteiger partial charge in [-0.25, -0.2) is 4.98 Å². The van der Waals surface area contributed by atoms with Crippen LogP contribution in [0.1, 0.15) is 43.1 Å². The summed E-state index contributed by atoms with van der Waals surface area (Å²) in [6.45, 7) is 11.4. The van der Waals surface area contributed by atoms with Crippen LogP contribution in [-0.4, -0.2) is 64.0 Å². The number of aryl methyl sites for hydroxylation is 2. The van der Waals surface area contributed by atoms with E-state index < -0.39 is 0 Å². The number of fused-ring (bicyclic) bond motifs is 1. The largest absolute Gasteiger partial charge is 0.378 e. The molecule has 0 atom stereocenters. The van der Waals surface area contributed by atoms with E-state index in [0.717, 1.165) is 63.5 Å². The third kappa shape index (κ3) is 4.08. The van der Waals surface area contributed by atoms with E-state index in [-0.39, 0.29) is 0 Å². The monoisotopic (exact) mass is 384 g/mol. The lowest BCUT2D eigenvalue weighted by Crippen LogP contribution is -2.49. The zero-order valence-electron chi connectivity index (χ0n) is 17.4. The van der Waals surface area contributed by atoms with Crippen LogP contribution in [0.25, 0.3) is 5.65 Å². The van der Waals surface area contributed by atoms with Crippen molar-refractivity contribution in [3.05, 3.63) is 35.3 Å². The molecule has 6 heteroatoms. The van der Waals surface area contributed by atoms with Gasteiger partial charge in [0.15, 0.2) is 0 Å². The van der Waals surface area contributed by atoms with Crippen molar-refractivity contribution >= 4 is 11.6 Å². The molecular weight excluding hydrogens is 352 g/mol. The molecule has 28 heavy (non-hydrogen) atoms. The summed E-state index contributed by atoms with van der Waals surface area (Å²) < 4.78 is 7.81. The first kappa shape index (κ1) is 19.4. The van der Waals surface area contributed by atoms with Gasteiger partial charge in [-0.15, -0.1) is 0 Å². The standard InChI is InChI=1S/C22H32N4O2/c1-4-28-19-12-18(13-19)14-22(27)25-9-7-24(8-10-25)15-20-17(3)23-21-11-16(2)5-6-26(20)21/h5-6,11,18-19H,4,7-10,12-15H2,1-3H3. The fraction of sp³-hybridized carbons (Fsp3) is 0.636. The first-order valence-electron chi connectivity index (χ1n) is 10.6. The van der Waals surface area contributed by atoms with E-state index in [1.165, 1.54) is 11.3 Å². The van der Waals surface area contributed by atoms with Gasteiger partial charge in [0.1, 0.15) is 5.65 Å². The van der Waals surface area contributed by atoms with Crippen molar-refractivity contribution in [2.24, 2.45) is 5.92 Å². The average Bonchev–Trinajstić information content (AvgIpc) is 2.95. The molecule has 1 saturated heterocycles. The van der Waals surface area contributed by atoms with Crippen LogP contribution in [0.5, 0.6) is 0 Å². The minimum absolute atomic E-state index is 0.320. The molecule has 1 amide bonds. The lowest BCUT2D eigenvalue weighted by atomic mass is 9.79. The number of nitrogens with zero attached hydrogens (tertiary/aromatic N) is 4. The van der Waals surface area contributed by atoms with E-state index in [9.17, 15) is 4.79 Å². The highest BCUT2D eigenvalue weighted by Gasteiger charge is 2.33. The zero-order chi connectivity index (χ0) is 19.7. The molecule has 1 saturated carbocycles. The van der Waals surface area contributed by atoms with Gasteiger partial charge in [-0.1, -0.05) is 0 Å². The highest BCUT2D eigenvalue weighted by atomic mass is 16.5. The molecule has 4 rings (SSSR count). The van der Waals surface area contributed by atoms with Crippen molar-refractivity contribution in [1.82, 2.24) is 19.2 Å². The van der Waals surface area contributed by atoms with Crippen molar-refractivity contribution in [2.75, 3.05) is 32.8 Å². The quantitative estimate of drug-likeness (QED) is 0.768. The molecule has 1 aliphatic carbocycles. The van der Waals surface area contributed by atoms with Crippen molar-refractivity contribution in [2.45, 2.75) is 52.7 Å². The molecule has 0 bridgehead atoms. The number of pyridine rings is 1. The van der Waals surface area contributed by atoms with Crippen LogP contribution in [0.3, 0.4) is 0 Å². The summed E-state index contributed by atoms with van der Waals surface area (Å²) in [6, 6.07) is 4.26. The molecule has 3 heterocycles. The smallest absolute Gasteiger partial charge is 0.222 e. The highest BCUT2D eigenvalue weighted by molar-refractivity contribution is 5.76. The Morgan fingerprint density at radius 2 is 1.96 bits per heavy atom. The number of hydrogen-bond acceptors (Lipinski definition) is 4. The van der Waals surface area contributed by atoms with Crippen LogP contribution < -0.4 is 0 Å². The first-order valence-corrected chi connectivity index (χ1v) is 10.6. The topological polar surface area (TPSA) is 50.1 Å². The lowest BCUT2D eigenvalue weighted by molar-refractivity contribution is -0.136. The molecule has 2 fully saturated rings. The van der Waals surface area contributed by atoms with Crippen LogP contribution in [-0.2, 0) is 16.1 Å². The van der Waals surface area contributed by atoms with E-state index in [4.69, 9.17) is 9.72 Å². The number of carbonyl (C=O) groups excluding carboxylic acids is 1. The van der Waals surface area contributed by atoms with Gasteiger partial charge < -0.3 is 14.0 Å². The fourth-order valence-corrected chi connectivity index (χ4v) is 4.46. The molecule has 0 radical (unpaired) electrons. The number of piperazine rings is 1. The second kappa shape index (κ2) is 8.21. The number of hydrogen-bond donors (Lipinski definition) is 0. The predicted octanol–water partition coefficient (Wildman–Crippen LogP) is 2.80. The molecule has 6 nitrogen and oxygen atoms in total. The summed E-state index contributed by atoms with van der Waals surface area (Å²) in [5, 5.41) is 0. The molecule has 0 N–H and O–H groups in total. The zero-order valence-corrected chi connectivity index (χ0v) is 17.4. The Bertz CT molecular complexity index is 832. The number of rotatable bonds is 6. The average molecular weight is 385 g/mol. The summed E-state index contributed by atoms with van der Waals surface area (Å²) in [5.41, 5.74) is 4.60. The second-order valence-corrected chi connectivity index (χ2v) is 8.35. The Hall–Kier alpha value is -1.92. The normalized spacial score (nSPS) is 23.2. The maximum atomic E-state index is 12.6. The SMILES string of the molecule is CCOC1CC(CC(=O)N2CCN(Cc3c(C)nc4cc(C)ccn34)CC2)C1. The van der Waals surface area contributed by atoms with Gasteiger partial charge in [-0.3, -0.25) is 9.69 Å². The molecule has 0 spiro atoms. The number of carbonyl (C=O) groups is 1. The van der Waals surface area contributed by atoms with Crippen LogP contribution in [0.2, 0.25) is 0 Å². The van der Waals surface area contributed by atoms with Gasteiger partial charge in [0.25, 0.3) is 0 Å². The molecule has 0 aromatic carbocycles. The van der Waals surface area contributed by atoms with Crippen LogP contribution in [0.4, 0.5) is 0 Å². The Morgan fingerprint density at radius 1 is 1.21 bits per heavy atom. The molecule has 2 aromatic rings. The van der Waals surface area contributed by atoms with Crippen LogP contribution in [0.15, 0.2) is 18.3 Å². The van der Waals surface area contributed by atoms with Gasteiger partial charge in [0.05, 0.1) is 17.5 Å². The molecule has 0 unspecified atom stereocenters. The highest BCUT2D eigenvalue weighted by Crippen LogP contribution is 2.33. The molecule has 2 aromatic heterocycles. The Labute approximate surface area is 167 Å². The van der Waals surface area contributed by atoms with E-state index in [1.54, 1.807) is 0 Å². The fourth-order valence-electron chi connectivity index (χ4n) is 4.46. The molecule has 1 aliphatic heterocycles. The molecular formula is C22H32N4O2. The summed E-state index contributed by atoms with van der Waals surface area (Å²) >= 11 is 0. The Balaban J connectivity index is 1.28. The minimum Gasteiger partial charge on any atom is -0.378 e. The van der Waals surface area contributed by atoms with Gasteiger partial charge in [0, 0.05) is 51.9 Å². The maximum absolute atomic E-state index is 12.6. The number of ether oxygens (including phenoxy) is 1. The predicted molar refractivity (Wildman–Crippen MR) is 109 cm³/mol. The maximum Gasteiger partial charge on any atom is 0.222 e. The Morgan fingerprint density at radius 3 is 2.68 bits per heavy atom. The lowest BCUT2D eigenvalue weighted by Gasteiger charge is -2.38. The van der Waals surface area contributed by atoms with Crippen molar-refractivity contribution in [3.8, 4) is 0 Å². The van der Waals surface area contributed by atoms with E-state index >= 15 is 0 Å². The minimum atomic E-state index is 0.320. The van der Waals surface area contributed by atoms with Crippen LogP contribution in [0, 0.1) is 19.8 Å². The van der Waals surface area contributed by atoms with Gasteiger partial charge in [-0.05, 0) is 57.2 Å². The van der Waals surface area contributed by atoms with Crippen LogP contribution >= 0.6 is 0 Å². The van der Waals surface area contributed by atoms with Gasteiger partial charge in [-0.2, -0.15) is 0 Å². The number of amides is 1. The van der Waals surface area contributed by atoms with Crippen molar-refractivity contribution < 1.29 is 9.53 Å². The summed E-state index contributed by atoms with van der Waals surface area (Å²) in [5.74, 6) is 0.840. The van der Waals surface area contributed by atoms with Gasteiger partial charge >= 0.3 is 0 Å². The molecule has 2 aliphatic rings. The second-order valence-electron chi connectivity index (χ2n) is 8.35. The first-order chi connectivity index (χ1) is 13.5. The third-order valence-electron chi connectivity index (χ3n) is 6.24. The van der Waals surface area contributed by atoms with Crippen molar-refractivity contribution in [3.63, 3.8) is 0 Å². The van der Waals surface area contributed by atoms with E-state index in [2.05, 4.69) is 46.4 Å². The van der Waals surface area contributed by atoms with Crippen molar-refractivity contribution in [1.29, 1.82) is 0 Å².